The Bertz CT molecular complexity index is 708. The Morgan fingerprint density at radius 2 is 1.77 bits per heavy atom. The lowest BCUT2D eigenvalue weighted by atomic mass is 9.76. The van der Waals surface area contributed by atoms with E-state index >= 15 is 0 Å². The first-order valence-electron chi connectivity index (χ1n) is 8.27. The molecule has 1 saturated carbocycles. The number of aromatic amines is 1. The number of rotatable bonds is 3. The molecule has 1 aliphatic carbocycles. The summed E-state index contributed by atoms with van der Waals surface area (Å²) in [4.78, 5) is 12.7. The summed E-state index contributed by atoms with van der Waals surface area (Å²) in [5.74, 6) is 2.11. The maximum absolute atomic E-state index is 4.80. The monoisotopic (exact) mass is 291 g/mol. The minimum Gasteiger partial charge on any atom is -0.340 e. The molecule has 1 unspecified atom stereocenters. The second-order valence-electron chi connectivity index (χ2n) is 6.28. The highest BCUT2D eigenvalue weighted by Crippen LogP contribution is 2.39. The van der Waals surface area contributed by atoms with E-state index in [4.69, 9.17) is 4.98 Å². The number of pyridine rings is 1. The van der Waals surface area contributed by atoms with E-state index in [-0.39, 0.29) is 0 Å². The van der Waals surface area contributed by atoms with Gasteiger partial charge in [-0.1, -0.05) is 49.6 Å². The molecule has 3 heteroatoms. The van der Waals surface area contributed by atoms with Gasteiger partial charge in [-0.3, -0.25) is 0 Å². The van der Waals surface area contributed by atoms with E-state index in [1.165, 1.54) is 37.7 Å². The van der Waals surface area contributed by atoms with Gasteiger partial charge in [-0.2, -0.15) is 0 Å². The molecule has 0 radical (unpaired) electrons. The lowest BCUT2D eigenvalue weighted by Crippen LogP contribution is -2.18. The summed E-state index contributed by atoms with van der Waals surface area (Å²) in [5, 5.41) is 0. The number of nitrogens with one attached hydrogen (secondary N) is 1. The van der Waals surface area contributed by atoms with Crippen molar-refractivity contribution in [1.82, 2.24) is 15.0 Å². The number of imidazole rings is 1. The molecule has 0 bridgehead atoms. The van der Waals surface area contributed by atoms with Crippen LogP contribution in [0.5, 0.6) is 0 Å². The zero-order valence-corrected chi connectivity index (χ0v) is 12.7. The van der Waals surface area contributed by atoms with E-state index in [9.17, 15) is 0 Å². The molecule has 0 amide bonds. The van der Waals surface area contributed by atoms with E-state index in [1.807, 2.05) is 12.3 Å². The molecule has 0 aliphatic heterocycles. The van der Waals surface area contributed by atoms with Crippen molar-refractivity contribution in [2.45, 2.75) is 38.0 Å². The average molecular weight is 291 g/mol. The summed E-state index contributed by atoms with van der Waals surface area (Å²) < 4.78 is 0. The molecule has 3 nitrogen and oxygen atoms in total. The standard InChI is InChI=1S/C19H21N3/c1-3-8-14(9-4-1)17(15-10-5-2-6-11-15)19-21-16-12-7-13-20-18(16)22-19/h1,3-4,7-9,12-13,15,17H,2,5-6,10-11H2,(H,20,21,22). The SMILES string of the molecule is c1ccc(C(c2nc3ncccc3[nH]2)C2CCCCC2)cc1. The van der Waals surface area contributed by atoms with Gasteiger partial charge in [0.25, 0.3) is 0 Å². The van der Waals surface area contributed by atoms with Crippen LogP contribution in [0.1, 0.15) is 49.4 Å². The lowest BCUT2D eigenvalue weighted by Gasteiger charge is -2.29. The summed E-state index contributed by atoms with van der Waals surface area (Å²) in [6.45, 7) is 0. The largest absolute Gasteiger partial charge is 0.340 e. The van der Waals surface area contributed by atoms with Gasteiger partial charge in [-0.05, 0) is 36.5 Å². The number of fused-ring (bicyclic) bond motifs is 1. The number of H-pyrrole nitrogens is 1. The predicted octanol–water partition coefficient (Wildman–Crippen LogP) is 4.67. The van der Waals surface area contributed by atoms with Gasteiger partial charge in [0.2, 0.25) is 0 Å². The Balaban J connectivity index is 1.78. The van der Waals surface area contributed by atoms with Gasteiger partial charge < -0.3 is 4.98 Å². The van der Waals surface area contributed by atoms with Crippen LogP contribution in [0, 0.1) is 5.92 Å². The van der Waals surface area contributed by atoms with E-state index in [1.54, 1.807) is 0 Å². The van der Waals surface area contributed by atoms with Crippen molar-refractivity contribution in [2.24, 2.45) is 5.92 Å². The zero-order valence-electron chi connectivity index (χ0n) is 12.7. The van der Waals surface area contributed by atoms with Crippen LogP contribution in [0.4, 0.5) is 0 Å². The number of benzene rings is 1. The minimum atomic E-state index is 0.357. The first-order valence-corrected chi connectivity index (χ1v) is 8.27. The lowest BCUT2D eigenvalue weighted by molar-refractivity contribution is 0.322. The molecule has 2 heterocycles. The molecule has 2 aromatic heterocycles. The smallest absolute Gasteiger partial charge is 0.177 e. The van der Waals surface area contributed by atoms with Crippen LogP contribution in [0.25, 0.3) is 11.2 Å². The average Bonchev–Trinajstić information content (AvgIpc) is 3.00. The number of nitrogens with zero attached hydrogens (tertiary/aromatic N) is 2. The third kappa shape index (κ3) is 2.52. The van der Waals surface area contributed by atoms with Gasteiger partial charge in [-0.15, -0.1) is 0 Å². The van der Waals surface area contributed by atoms with Crippen molar-refractivity contribution >= 4 is 11.2 Å². The summed E-state index contributed by atoms with van der Waals surface area (Å²) in [7, 11) is 0. The summed E-state index contributed by atoms with van der Waals surface area (Å²) in [5.41, 5.74) is 3.23. The highest BCUT2D eigenvalue weighted by molar-refractivity contribution is 5.70. The molecular weight excluding hydrogens is 270 g/mol. The molecule has 1 atom stereocenters. The van der Waals surface area contributed by atoms with Crippen LogP contribution in [0.15, 0.2) is 48.7 Å². The maximum Gasteiger partial charge on any atom is 0.177 e. The van der Waals surface area contributed by atoms with Crippen LogP contribution in [0.3, 0.4) is 0 Å². The number of aromatic nitrogens is 3. The molecular formula is C19H21N3. The van der Waals surface area contributed by atoms with Gasteiger partial charge >= 0.3 is 0 Å². The van der Waals surface area contributed by atoms with E-state index in [0.29, 0.717) is 11.8 Å². The van der Waals surface area contributed by atoms with Crippen LogP contribution in [-0.4, -0.2) is 15.0 Å². The molecule has 4 rings (SSSR count). The Labute approximate surface area is 130 Å². The molecule has 1 aromatic carbocycles. The number of hydrogen-bond donors (Lipinski definition) is 1. The summed E-state index contributed by atoms with van der Waals surface area (Å²) >= 11 is 0. The highest BCUT2D eigenvalue weighted by Gasteiger charge is 2.28. The predicted molar refractivity (Wildman–Crippen MR) is 88.7 cm³/mol. The van der Waals surface area contributed by atoms with Crippen molar-refractivity contribution < 1.29 is 0 Å². The van der Waals surface area contributed by atoms with E-state index in [0.717, 1.165) is 17.0 Å². The van der Waals surface area contributed by atoms with Crippen LogP contribution < -0.4 is 0 Å². The molecule has 1 N–H and O–H groups in total. The third-order valence-electron chi connectivity index (χ3n) is 4.85. The first-order chi connectivity index (χ1) is 10.9. The van der Waals surface area contributed by atoms with Crippen molar-refractivity contribution in [3.63, 3.8) is 0 Å². The fraction of sp³-hybridized carbons (Fsp3) is 0.368. The number of hydrogen-bond acceptors (Lipinski definition) is 2. The van der Waals surface area contributed by atoms with Gasteiger partial charge in [0.1, 0.15) is 5.82 Å². The van der Waals surface area contributed by atoms with Gasteiger partial charge in [0, 0.05) is 12.1 Å². The zero-order chi connectivity index (χ0) is 14.8. The topological polar surface area (TPSA) is 41.6 Å². The van der Waals surface area contributed by atoms with E-state index in [2.05, 4.69) is 46.4 Å². The Hall–Kier alpha value is -2.16. The van der Waals surface area contributed by atoms with Crippen LogP contribution in [-0.2, 0) is 0 Å². The van der Waals surface area contributed by atoms with E-state index < -0.39 is 0 Å². The fourth-order valence-electron chi connectivity index (χ4n) is 3.79. The first kappa shape index (κ1) is 13.5. The normalized spacial score (nSPS) is 17.6. The molecule has 0 saturated heterocycles. The Kier molecular flexibility index (Phi) is 3.63. The van der Waals surface area contributed by atoms with Crippen LogP contribution >= 0.6 is 0 Å². The summed E-state index contributed by atoms with van der Waals surface area (Å²) in [6.07, 6.45) is 8.46. The van der Waals surface area contributed by atoms with Gasteiger partial charge in [0.05, 0.1) is 5.52 Å². The van der Waals surface area contributed by atoms with Crippen molar-refractivity contribution in [1.29, 1.82) is 0 Å². The highest BCUT2D eigenvalue weighted by atomic mass is 15.0. The Morgan fingerprint density at radius 3 is 2.55 bits per heavy atom. The van der Waals surface area contributed by atoms with Gasteiger partial charge in [-0.25, -0.2) is 9.97 Å². The molecule has 1 aliphatic rings. The molecule has 0 spiro atoms. The summed E-state index contributed by atoms with van der Waals surface area (Å²) in [6, 6.07) is 14.8. The minimum absolute atomic E-state index is 0.357. The van der Waals surface area contributed by atoms with Gasteiger partial charge in [0.15, 0.2) is 5.65 Å². The third-order valence-corrected chi connectivity index (χ3v) is 4.85. The molecule has 3 aromatic rings. The van der Waals surface area contributed by atoms with Crippen LogP contribution in [0.2, 0.25) is 0 Å². The molecule has 1 fully saturated rings. The second-order valence-corrected chi connectivity index (χ2v) is 6.28. The Morgan fingerprint density at radius 1 is 0.955 bits per heavy atom. The fourth-order valence-corrected chi connectivity index (χ4v) is 3.79. The quantitative estimate of drug-likeness (QED) is 0.762. The second kappa shape index (κ2) is 5.91. The molecule has 112 valence electrons. The van der Waals surface area contributed by atoms with Crippen molar-refractivity contribution in [2.75, 3.05) is 0 Å². The van der Waals surface area contributed by atoms with Crippen molar-refractivity contribution in [3.05, 3.63) is 60.0 Å². The van der Waals surface area contributed by atoms with Crippen molar-refractivity contribution in [3.8, 4) is 0 Å². The maximum atomic E-state index is 4.80. The molecule has 22 heavy (non-hydrogen) atoms.